The SMILES string of the molecule is CS(=O)(=O)Nc1ccc(/C=N/Nc2ccc(-c3cnco3)cc2)cc1. The van der Waals surface area contributed by atoms with Gasteiger partial charge in [-0.15, -0.1) is 0 Å². The van der Waals surface area contributed by atoms with E-state index in [0.29, 0.717) is 11.4 Å². The molecule has 0 bridgehead atoms. The van der Waals surface area contributed by atoms with Crippen molar-refractivity contribution < 1.29 is 12.8 Å². The summed E-state index contributed by atoms with van der Waals surface area (Å²) in [4.78, 5) is 3.89. The highest BCUT2D eigenvalue weighted by atomic mass is 32.2. The van der Waals surface area contributed by atoms with E-state index >= 15 is 0 Å². The number of rotatable bonds is 6. The average Bonchev–Trinajstić information content (AvgIpc) is 3.10. The third-order valence-electron chi connectivity index (χ3n) is 3.22. The van der Waals surface area contributed by atoms with Gasteiger partial charge in [-0.25, -0.2) is 13.4 Å². The number of sulfonamides is 1. The second-order valence-electron chi connectivity index (χ2n) is 5.31. The highest BCUT2D eigenvalue weighted by Gasteiger charge is 2.01. The maximum absolute atomic E-state index is 11.2. The highest BCUT2D eigenvalue weighted by molar-refractivity contribution is 7.92. The Hall–Kier alpha value is -3.13. The molecule has 0 aliphatic rings. The van der Waals surface area contributed by atoms with Crippen molar-refractivity contribution in [3.05, 3.63) is 66.7 Å². The summed E-state index contributed by atoms with van der Waals surface area (Å²) in [5, 5.41) is 4.16. The molecule has 0 spiro atoms. The van der Waals surface area contributed by atoms with E-state index in [9.17, 15) is 8.42 Å². The Bertz CT molecular complexity index is 948. The van der Waals surface area contributed by atoms with Crippen molar-refractivity contribution >= 4 is 27.6 Å². The van der Waals surface area contributed by atoms with Gasteiger partial charge in [0.1, 0.15) is 0 Å². The van der Waals surface area contributed by atoms with Crippen LogP contribution in [0.15, 0.2) is 70.6 Å². The van der Waals surface area contributed by atoms with Gasteiger partial charge in [-0.3, -0.25) is 10.1 Å². The van der Waals surface area contributed by atoms with Crippen LogP contribution < -0.4 is 10.1 Å². The maximum Gasteiger partial charge on any atom is 0.229 e. The fourth-order valence-electron chi connectivity index (χ4n) is 2.10. The molecular formula is C17H16N4O3S. The van der Waals surface area contributed by atoms with Crippen LogP contribution in [-0.2, 0) is 10.0 Å². The van der Waals surface area contributed by atoms with E-state index in [1.54, 1.807) is 36.7 Å². The van der Waals surface area contributed by atoms with Crippen LogP contribution in [0, 0.1) is 0 Å². The standard InChI is InChI=1S/C17H16N4O3S/c1-25(22,23)21-16-6-2-13(3-7-16)10-19-20-15-8-4-14(5-9-15)17-11-18-12-24-17/h2-12,20-21H,1H3/b19-10+. The molecule has 0 aliphatic heterocycles. The van der Waals surface area contributed by atoms with Crippen molar-refractivity contribution in [3.63, 3.8) is 0 Å². The smallest absolute Gasteiger partial charge is 0.229 e. The first-order valence-corrected chi connectivity index (χ1v) is 9.25. The van der Waals surface area contributed by atoms with Crippen molar-refractivity contribution in [2.24, 2.45) is 5.10 Å². The zero-order valence-electron chi connectivity index (χ0n) is 13.4. The number of nitrogens with zero attached hydrogens (tertiary/aromatic N) is 2. The fourth-order valence-corrected chi connectivity index (χ4v) is 2.66. The van der Waals surface area contributed by atoms with Crippen molar-refractivity contribution in [1.82, 2.24) is 4.98 Å². The lowest BCUT2D eigenvalue weighted by Gasteiger charge is -2.04. The number of hydrogen-bond donors (Lipinski definition) is 2. The van der Waals surface area contributed by atoms with Crippen LogP contribution in [0.5, 0.6) is 0 Å². The molecule has 0 fully saturated rings. The van der Waals surface area contributed by atoms with Gasteiger partial charge in [0.2, 0.25) is 10.0 Å². The van der Waals surface area contributed by atoms with Crippen molar-refractivity contribution in [2.75, 3.05) is 16.4 Å². The van der Waals surface area contributed by atoms with Crippen LogP contribution in [0.4, 0.5) is 11.4 Å². The summed E-state index contributed by atoms with van der Waals surface area (Å²) in [6, 6.07) is 14.5. The number of oxazole rings is 1. The Balaban J connectivity index is 1.59. The van der Waals surface area contributed by atoms with E-state index in [1.165, 1.54) is 6.39 Å². The Labute approximate surface area is 145 Å². The second-order valence-corrected chi connectivity index (χ2v) is 7.06. The molecule has 0 amide bonds. The zero-order chi connectivity index (χ0) is 17.7. The molecule has 0 unspecified atom stereocenters. The monoisotopic (exact) mass is 356 g/mol. The predicted octanol–water partition coefficient (Wildman–Crippen LogP) is 3.16. The Morgan fingerprint density at radius 1 is 1.04 bits per heavy atom. The summed E-state index contributed by atoms with van der Waals surface area (Å²) in [5.41, 5.74) is 6.04. The predicted molar refractivity (Wildman–Crippen MR) is 98.1 cm³/mol. The lowest BCUT2D eigenvalue weighted by atomic mass is 10.2. The normalized spacial score (nSPS) is 11.6. The van der Waals surface area contributed by atoms with E-state index in [-0.39, 0.29) is 0 Å². The van der Waals surface area contributed by atoms with Gasteiger partial charge in [-0.1, -0.05) is 12.1 Å². The van der Waals surface area contributed by atoms with Crippen LogP contribution in [0.25, 0.3) is 11.3 Å². The van der Waals surface area contributed by atoms with E-state index < -0.39 is 10.0 Å². The molecule has 8 heteroatoms. The first-order chi connectivity index (χ1) is 12.0. The largest absolute Gasteiger partial charge is 0.444 e. The third kappa shape index (κ3) is 4.92. The van der Waals surface area contributed by atoms with Gasteiger partial charge in [0, 0.05) is 11.3 Å². The third-order valence-corrected chi connectivity index (χ3v) is 3.83. The molecule has 0 radical (unpaired) electrons. The zero-order valence-corrected chi connectivity index (χ0v) is 14.2. The molecule has 0 aliphatic carbocycles. The van der Waals surface area contributed by atoms with Gasteiger partial charge in [0.05, 0.1) is 24.4 Å². The van der Waals surface area contributed by atoms with E-state index in [1.807, 2.05) is 24.3 Å². The fraction of sp³-hybridized carbons (Fsp3) is 0.0588. The minimum Gasteiger partial charge on any atom is -0.444 e. The van der Waals surface area contributed by atoms with Crippen LogP contribution in [0.3, 0.4) is 0 Å². The average molecular weight is 356 g/mol. The number of benzene rings is 2. The first-order valence-electron chi connectivity index (χ1n) is 7.35. The lowest BCUT2D eigenvalue weighted by molar-refractivity contribution is 0.572. The van der Waals surface area contributed by atoms with Crippen molar-refractivity contribution in [1.29, 1.82) is 0 Å². The molecule has 1 heterocycles. The molecule has 2 N–H and O–H groups in total. The summed E-state index contributed by atoms with van der Waals surface area (Å²) in [7, 11) is -3.27. The van der Waals surface area contributed by atoms with Crippen LogP contribution in [0.2, 0.25) is 0 Å². The van der Waals surface area contributed by atoms with Crippen LogP contribution >= 0.6 is 0 Å². The quantitative estimate of drug-likeness (QED) is 0.522. The van der Waals surface area contributed by atoms with Gasteiger partial charge in [-0.2, -0.15) is 5.10 Å². The Kier molecular flexibility index (Phi) is 4.80. The van der Waals surface area contributed by atoms with E-state index in [2.05, 4.69) is 20.2 Å². The van der Waals surface area contributed by atoms with E-state index in [0.717, 1.165) is 23.1 Å². The van der Waals surface area contributed by atoms with Gasteiger partial charge >= 0.3 is 0 Å². The molecule has 3 rings (SSSR count). The van der Waals surface area contributed by atoms with Gasteiger partial charge < -0.3 is 4.42 Å². The topological polar surface area (TPSA) is 96.6 Å². The number of hydrazone groups is 1. The van der Waals surface area contributed by atoms with Crippen LogP contribution in [-0.4, -0.2) is 25.9 Å². The second kappa shape index (κ2) is 7.18. The molecule has 1 aromatic heterocycles. The minimum atomic E-state index is -3.27. The molecule has 0 saturated carbocycles. The summed E-state index contributed by atoms with van der Waals surface area (Å²) >= 11 is 0. The molecule has 25 heavy (non-hydrogen) atoms. The summed E-state index contributed by atoms with van der Waals surface area (Å²) in [6.07, 6.45) is 5.81. The highest BCUT2D eigenvalue weighted by Crippen LogP contribution is 2.20. The molecule has 7 nitrogen and oxygen atoms in total. The first kappa shape index (κ1) is 16.7. The van der Waals surface area contributed by atoms with Gasteiger partial charge in [0.15, 0.2) is 12.2 Å². The molecule has 0 atom stereocenters. The summed E-state index contributed by atoms with van der Waals surface area (Å²) < 4.78 is 30.0. The molecule has 0 saturated heterocycles. The number of aromatic nitrogens is 1. The number of anilines is 2. The van der Waals surface area contributed by atoms with Gasteiger partial charge in [-0.05, 0) is 42.0 Å². The van der Waals surface area contributed by atoms with Crippen molar-refractivity contribution in [2.45, 2.75) is 0 Å². The number of nitrogens with one attached hydrogen (secondary N) is 2. The van der Waals surface area contributed by atoms with Gasteiger partial charge in [0.25, 0.3) is 0 Å². The minimum absolute atomic E-state index is 0.510. The van der Waals surface area contributed by atoms with Crippen LogP contribution in [0.1, 0.15) is 5.56 Å². The summed E-state index contributed by atoms with van der Waals surface area (Å²) in [5.74, 6) is 0.706. The van der Waals surface area contributed by atoms with E-state index in [4.69, 9.17) is 4.42 Å². The Morgan fingerprint density at radius 3 is 2.32 bits per heavy atom. The number of hydrogen-bond acceptors (Lipinski definition) is 6. The lowest BCUT2D eigenvalue weighted by Crippen LogP contribution is -2.09. The molecule has 3 aromatic rings. The maximum atomic E-state index is 11.2. The van der Waals surface area contributed by atoms with Crippen molar-refractivity contribution in [3.8, 4) is 11.3 Å². The molecule has 2 aromatic carbocycles. The molecule has 128 valence electrons. The Morgan fingerprint density at radius 2 is 1.72 bits per heavy atom. The molecular weight excluding hydrogens is 340 g/mol. The summed E-state index contributed by atoms with van der Waals surface area (Å²) in [6.45, 7) is 0.